The van der Waals surface area contributed by atoms with Crippen molar-refractivity contribution in [2.75, 3.05) is 13.2 Å². The van der Waals surface area contributed by atoms with Crippen LogP contribution in [0.5, 0.6) is 0 Å². The molecule has 1 rings (SSSR count). The first-order valence-corrected chi connectivity index (χ1v) is 7.04. The van der Waals surface area contributed by atoms with Gasteiger partial charge in [-0.15, -0.1) is 11.3 Å². The van der Waals surface area contributed by atoms with Crippen molar-refractivity contribution in [2.45, 2.75) is 45.5 Å². The van der Waals surface area contributed by atoms with Gasteiger partial charge >= 0.3 is 6.18 Å². The van der Waals surface area contributed by atoms with E-state index in [2.05, 4.69) is 10.3 Å². The molecule has 1 aromatic rings. The van der Waals surface area contributed by atoms with Crippen molar-refractivity contribution in [1.82, 2.24) is 10.3 Å². The van der Waals surface area contributed by atoms with Crippen LogP contribution >= 0.6 is 11.3 Å². The zero-order valence-corrected chi connectivity index (χ0v) is 12.1. The number of aromatic nitrogens is 1. The Bertz CT molecular complexity index is 379. The van der Waals surface area contributed by atoms with Crippen LogP contribution in [0.2, 0.25) is 0 Å². The van der Waals surface area contributed by atoms with E-state index in [-0.39, 0.29) is 12.1 Å². The summed E-state index contributed by atoms with van der Waals surface area (Å²) in [6.07, 6.45) is -2.15. The molecule has 1 atom stereocenters. The third-order valence-electron chi connectivity index (χ3n) is 2.35. The molecular weight excluding hydrogens is 277 g/mol. The second-order valence-electron chi connectivity index (χ2n) is 4.45. The monoisotopic (exact) mass is 296 g/mol. The van der Waals surface area contributed by atoms with Gasteiger partial charge in [-0.1, -0.05) is 6.92 Å². The molecule has 0 bridgehead atoms. The Morgan fingerprint density at radius 2 is 2.11 bits per heavy atom. The molecule has 3 nitrogen and oxygen atoms in total. The highest BCUT2D eigenvalue weighted by molar-refractivity contribution is 7.11. The van der Waals surface area contributed by atoms with Crippen LogP contribution in [0, 0.1) is 0 Å². The van der Waals surface area contributed by atoms with Gasteiger partial charge in [-0.25, -0.2) is 4.98 Å². The van der Waals surface area contributed by atoms with Crippen LogP contribution in [0.1, 0.15) is 43.1 Å². The summed E-state index contributed by atoms with van der Waals surface area (Å²) in [6.45, 7) is 6.86. The fourth-order valence-electron chi connectivity index (χ4n) is 1.43. The predicted octanol–water partition coefficient (Wildman–Crippen LogP) is 3.63. The molecule has 0 aliphatic carbocycles. The van der Waals surface area contributed by atoms with Crippen LogP contribution in [0.3, 0.4) is 0 Å². The number of ether oxygens (including phenoxy) is 1. The van der Waals surface area contributed by atoms with Gasteiger partial charge in [-0.05, 0) is 26.8 Å². The smallest absolute Gasteiger partial charge is 0.377 e. The average molecular weight is 296 g/mol. The highest BCUT2D eigenvalue weighted by Gasteiger charge is 2.35. The first kappa shape index (κ1) is 16.4. The molecule has 110 valence electrons. The average Bonchev–Trinajstić information content (AvgIpc) is 2.78. The molecule has 0 spiro atoms. The quantitative estimate of drug-likeness (QED) is 0.834. The lowest BCUT2D eigenvalue weighted by molar-refractivity contribution is -0.137. The van der Waals surface area contributed by atoms with E-state index in [0.29, 0.717) is 22.8 Å². The Kier molecular flexibility index (Phi) is 6.22. The van der Waals surface area contributed by atoms with Crippen molar-refractivity contribution in [3.63, 3.8) is 0 Å². The minimum Gasteiger partial charge on any atom is -0.377 e. The van der Waals surface area contributed by atoms with Crippen LogP contribution in [0.4, 0.5) is 13.2 Å². The van der Waals surface area contributed by atoms with E-state index in [0.717, 1.165) is 13.0 Å². The molecule has 19 heavy (non-hydrogen) atoms. The number of thiazole rings is 1. The lowest BCUT2D eigenvalue weighted by Crippen LogP contribution is -2.26. The molecule has 7 heteroatoms. The molecule has 1 unspecified atom stereocenters. The van der Waals surface area contributed by atoms with E-state index >= 15 is 0 Å². The fraction of sp³-hybridized carbons (Fsp3) is 0.750. The molecule has 0 aliphatic heterocycles. The summed E-state index contributed by atoms with van der Waals surface area (Å²) in [6, 6.07) is -0.240. The molecule has 0 saturated heterocycles. The summed E-state index contributed by atoms with van der Waals surface area (Å²) in [7, 11) is 0. The van der Waals surface area contributed by atoms with Crippen molar-refractivity contribution >= 4 is 11.3 Å². The van der Waals surface area contributed by atoms with E-state index in [4.69, 9.17) is 4.74 Å². The third-order valence-corrected chi connectivity index (χ3v) is 3.50. The van der Waals surface area contributed by atoms with Crippen LogP contribution in [0.15, 0.2) is 6.20 Å². The number of rotatable bonds is 7. The normalized spacial score (nSPS) is 14.1. The molecule has 0 aliphatic rings. The van der Waals surface area contributed by atoms with Crippen LogP contribution < -0.4 is 5.32 Å². The molecular formula is C12H19F3N2OS. The third kappa shape index (κ3) is 5.46. The standard InChI is InChI=1S/C12H19F3N2OS/c1-4-5-16-9(7-18-8(2)3)10-6-17-11(19-10)12(13,14)15/h6,8-9,16H,4-5,7H2,1-3H3. The summed E-state index contributed by atoms with van der Waals surface area (Å²) in [5, 5.41) is 2.37. The van der Waals surface area contributed by atoms with Crippen molar-refractivity contribution in [3.05, 3.63) is 16.1 Å². The maximum atomic E-state index is 12.5. The number of nitrogens with zero attached hydrogens (tertiary/aromatic N) is 1. The second-order valence-corrected chi connectivity index (χ2v) is 5.52. The first-order valence-electron chi connectivity index (χ1n) is 6.22. The molecule has 0 radical (unpaired) electrons. The minimum absolute atomic E-state index is 0.0425. The Morgan fingerprint density at radius 1 is 1.42 bits per heavy atom. The van der Waals surface area contributed by atoms with Gasteiger partial charge in [0.1, 0.15) is 0 Å². The fourth-order valence-corrected chi connectivity index (χ4v) is 2.27. The summed E-state index contributed by atoms with van der Waals surface area (Å²) in [4.78, 5) is 4.00. The summed E-state index contributed by atoms with van der Waals surface area (Å²) in [5.74, 6) is 0. The molecule has 1 aromatic heterocycles. The van der Waals surface area contributed by atoms with E-state index < -0.39 is 11.2 Å². The Hall–Kier alpha value is -0.660. The largest absolute Gasteiger partial charge is 0.443 e. The van der Waals surface area contributed by atoms with Crippen LogP contribution in [0.25, 0.3) is 0 Å². The van der Waals surface area contributed by atoms with Crippen molar-refractivity contribution in [3.8, 4) is 0 Å². The van der Waals surface area contributed by atoms with Gasteiger partial charge in [-0.2, -0.15) is 13.2 Å². The van der Waals surface area contributed by atoms with E-state index in [1.165, 1.54) is 6.20 Å². The number of hydrogen-bond acceptors (Lipinski definition) is 4. The number of hydrogen-bond donors (Lipinski definition) is 1. The minimum atomic E-state index is -4.38. The summed E-state index contributed by atoms with van der Waals surface area (Å²) >= 11 is 0.671. The van der Waals surface area contributed by atoms with Gasteiger partial charge in [0.2, 0.25) is 0 Å². The van der Waals surface area contributed by atoms with Crippen LogP contribution in [-0.2, 0) is 10.9 Å². The number of alkyl halides is 3. The first-order chi connectivity index (χ1) is 8.84. The highest BCUT2D eigenvalue weighted by Crippen LogP contribution is 2.34. The van der Waals surface area contributed by atoms with E-state index in [1.54, 1.807) is 0 Å². The zero-order valence-electron chi connectivity index (χ0n) is 11.3. The molecule has 0 amide bonds. The Morgan fingerprint density at radius 3 is 2.58 bits per heavy atom. The Balaban J connectivity index is 2.75. The SMILES string of the molecule is CCCNC(COC(C)C)c1cnc(C(F)(F)F)s1. The highest BCUT2D eigenvalue weighted by atomic mass is 32.1. The summed E-state index contributed by atoms with van der Waals surface area (Å²) < 4.78 is 43.1. The van der Waals surface area contributed by atoms with Crippen LogP contribution in [-0.4, -0.2) is 24.2 Å². The molecule has 1 heterocycles. The molecule has 0 aromatic carbocycles. The van der Waals surface area contributed by atoms with Gasteiger partial charge in [-0.3, -0.25) is 0 Å². The lowest BCUT2D eigenvalue weighted by atomic mass is 10.2. The van der Waals surface area contributed by atoms with E-state index in [9.17, 15) is 13.2 Å². The van der Waals surface area contributed by atoms with Gasteiger partial charge < -0.3 is 10.1 Å². The molecule has 0 fully saturated rings. The zero-order chi connectivity index (χ0) is 14.5. The van der Waals surface area contributed by atoms with Gasteiger partial charge in [0.15, 0.2) is 5.01 Å². The van der Waals surface area contributed by atoms with Crippen molar-refractivity contribution in [1.29, 1.82) is 0 Å². The van der Waals surface area contributed by atoms with Crippen molar-refractivity contribution < 1.29 is 17.9 Å². The maximum Gasteiger partial charge on any atom is 0.443 e. The second kappa shape index (κ2) is 7.21. The number of nitrogens with one attached hydrogen (secondary N) is 1. The predicted molar refractivity (Wildman–Crippen MR) is 69.2 cm³/mol. The summed E-state index contributed by atoms with van der Waals surface area (Å²) in [5.41, 5.74) is 0. The van der Waals surface area contributed by atoms with Gasteiger partial charge in [0.25, 0.3) is 0 Å². The number of halogens is 3. The maximum absolute atomic E-state index is 12.5. The lowest BCUT2D eigenvalue weighted by Gasteiger charge is -2.18. The Labute approximate surface area is 115 Å². The van der Waals surface area contributed by atoms with Gasteiger partial charge in [0.05, 0.1) is 18.8 Å². The van der Waals surface area contributed by atoms with Crippen molar-refractivity contribution in [2.24, 2.45) is 0 Å². The van der Waals surface area contributed by atoms with E-state index in [1.807, 2.05) is 20.8 Å². The van der Waals surface area contributed by atoms with Gasteiger partial charge in [0, 0.05) is 11.1 Å². The molecule has 0 saturated carbocycles. The molecule has 1 N–H and O–H groups in total. The topological polar surface area (TPSA) is 34.1 Å².